The van der Waals surface area contributed by atoms with E-state index >= 15 is 0 Å². The Balaban J connectivity index is 1.86. The fraction of sp³-hybridized carbons (Fsp3) is 0.588. The number of rotatable bonds is 5. The van der Waals surface area contributed by atoms with Crippen molar-refractivity contribution in [2.75, 3.05) is 33.3 Å². The monoisotopic (exact) mass is 290 g/mol. The first-order chi connectivity index (χ1) is 10.1. The second-order valence-electron chi connectivity index (χ2n) is 5.71. The van der Waals surface area contributed by atoms with Crippen LogP contribution in [0.2, 0.25) is 0 Å². The normalized spacial score (nSPS) is 16.0. The van der Waals surface area contributed by atoms with Crippen LogP contribution in [-0.2, 0) is 11.3 Å². The van der Waals surface area contributed by atoms with Gasteiger partial charge in [-0.05, 0) is 30.5 Å². The Kier molecular flexibility index (Phi) is 5.62. The smallest absolute Gasteiger partial charge is 0.222 e. The Bertz CT molecular complexity index is 480. The summed E-state index contributed by atoms with van der Waals surface area (Å²) in [5.74, 6) is 1.24. The van der Waals surface area contributed by atoms with Crippen molar-refractivity contribution in [3.63, 3.8) is 0 Å². The fourth-order valence-electron chi connectivity index (χ4n) is 2.82. The minimum absolute atomic E-state index is 0.303. The number of hydrogen-bond donors (Lipinski definition) is 0. The third-order valence-electron chi connectivity index (χ3n) is 4.05. The first kappa shape index (κ1) is 15.8. The minimum Gasteiger partial charge on any atom is -0.496 e. The van der Waals surface area contributed by atoms with E-state index in [0.717, 1.165) is 44.9 Å². The third kappa shape index (κ3) is 4.21. The molecule has 0 aromatic heterocycles. The maximum Gasteiger partial charge on any atom is 0.222 e. The lowest BCUT2D eigenvalue weighted by Gasteiger charge is -2.34. The van der Waals surface area contributed by atoms with Crippen LogP contribution in [0.1, 0.15) is 30.9 Å². The molecule has 1 aromatic rings. The number of benzene rings is 1. The predicted octanol–water partition coefficient (Wildman–Crippen LogP) is 2.45. The quantitative estimate of drug-likeness (QED) is 0.835. The van der Waals surface area contributed by atoms with Crippen molar-refractivity contribution in [1.82, 2.24) is 9.80 Å². The molecule has 1 heterocycles. The summed E-state index contributed by atoms with van der Waals surface area (Å²) in [6, 6.07) is 6.35. The first-order valence-corrected chi connectivity index (χ1v) is 7.77. The van der Waals surface area contributed by atoms with Gasteiger partial charge in [0.2, 0.25) is 5.91 Å². The summed E-state index contributed by atoms with van der Waals surface area (Å²) in [7, 11) is 1.70. The maximum atomic E-state index is 11.9. The van der Waals surface area contributed by atoms with E-state index in [2.05, 4.69) is 30.9 Å². The van der Waals surface area contributed by atoms with Gasteiger partial charge in [0.15, 0.2) is 0 Å². The summed E-state index contributed by atoms with van der Waals surface area (Å²) in [5, 5.41) is 0. The molecule has 21 heavy (non-hydrogen) atoms. The van der Waals surface area contributed by atoms with Gasteiger partial charge in [-0.25, -0.2) is 0 Å². The summed E-state index contributed by atoms with van der Waals surface area (Å²) < 4.78 is 5.30. The number of hydrogen-bond acceptors (Lipinski definition) is 3. The second-order valence-corrected chi connectivity index (χ2v) is 5.71. The highest BCUT2D eigenvalue weighted by atomic mass is 16.5. The largest absolute Gasteiger partial charge is 0.496 e. The van der Waals surface area contributed by atoms with Crippen LogP contribution >= 0.6 is 0 Å². The van der Waals surface area contributed by atoms with Crippen LogP contribution in [0.3, 0.4) is 0 Å². The number of nitrogens with zero attached hydrogens (tertiary/aromatic N) is 2. The van der Waals surface area contributed by atoms with Crippen LogP contribution in [0.4, 0.5) is 0 Å². The molecule has 0 saturated carbocycles. The van der Waals surface area contributed by atoms with Gasteiger partial charge in [0.1, 0.15) is 5.75 Å². The van der Waals surface area contributed by atoms with E-state index in [1.54, 1.807) is 7.11 Å². The molecule has 0 N–H and O–H groups in total. The van der Waals surface area contributed by atoms with E-state index in [9.17, 15) is 4.79 Å². The van der Waals surface area contributed by atoms with Gasteiger partial charge < -0.3 is 9.64 Å². The molecule has 1 aromatic carbocycles. The molecule has 2 rings (SSSR count). The fourth-order valence-corrected chi connectivity index (χ4v) is 2.82. The molecule has 0 radical (unpaired) electrons. The highest BCUT2D eigenvalue weighted by molar-refractivity contribution is 5.76. The molecule has 0 aliphatic carbocycles. The summed E-state index contributed by atoms with van der Waals surface area (Å²) in [4.78, 5) is 16.3. The van der Waals surface area contributed by atoms with Crippen molar-refractivity contribution in [3.05, 3.63) is 29.3 Å². The Morgan fingerprint density at radius 1 is 1.24 bits per heavy atom. The van der Waals surface area contributed by atoms with Gasteiger partial charge in [0, 0.05) is 39.1 Å². The molecule has 116 valence electrons. The molecule has 0 atom stereocenters. The predicted molar refractivity (Wildman–Crippen MR) is 84.5 cm³/mol. The van der Waals surface area contributed by atoms with E-state index in [-0.39, 0.29) is 0 Å². The van der Waals surface area contributed by atoms with Crippen LogP contribution in [-0.4, -0.2) is 49.0 Å². The average molecular weight is 290 g/mol. The van der Waals surface area contributed by atoms with Gasteiger partial charge >= 0.3 is 0 Å². The van der Waals surface area contributed by atoms with Gasteiger partial charge in [-0.2, -0.15) is 0 Å². The standard InChI is InChI=1S/C17H26N2O2/c1-4-5-17(20)19-10-8-18(9-11-19)13-15-6-7-16(21-3)14(2)12-15/h6-7,12H,4-5,8-11,13H2,1-3H3. The third-order valence-corrected chi connectivity index (χ3v) is 4.05. The van der Waals surface area contributed by atoms with Crippen molar-refractivity contribution in [3.8, 4) is 5.75 Å². The van der Waals surface area contributed by atoms with E-state index in [0.29, 0.717) is 12.3 Å². The van der Waals surface area contributed by atoms with Gasteiger partial charge in [-0.15, -0.1) is 0 Å². The van der Waals surface area contributed by atoms with Crippen LogP contribution in [0.5, 0.6) is 5.75 Å². The maximum absolute atomic E-state index is 11.9. The molecule has 0 spiro atoms. The first-order valence-electron chi connectivity index (χ1n) is 7.77. The number of carbonyl (C=O) groups excluding carboxylic acids is 1. The zero-order valence-corrected chi connectivity index (χ0v) is 13.4. The molecule has 1 amide bonds. The molecule has 4 nitrogen and oxygen atoms in total. The molecule has 1 fully saturated rings. The molecule has 0 unspecified atom stereocenters. The number of piperazine rings is 1. The topological polar surface area (TPSA) is 32.8 Å². The summed E-state index contributed by atoms with van der Waals surface area (Å²) in [6.07, 6.45) is 1.61. The zero-order valence-electron chi connectivity index (χ0n) is 13.4. The van der Waals surface area contributed by atoms with E-state index < -0.39 is 0 Å². The molecular weight excluding hydrogens is 264 g/mol. The van der Waals surface area contributed by atoms with Gasteiger partial charge in [-0.1, -0.05) is 19.1 Å². The molecule has 1 aliphatic rings. The lowest BCUT2D eigenvalue weighted by Crippen LogP contribution is -2.48. The molecule has 1 aliphatic heterocycles. The summed E-state index contributed by atoms with van der Waals surface area (Å²) in [5.41, 5.74) is 2.48. The Morgan fingerprint density at radius 3 is 2.52 bits per heavy atom. The second kappa shape index (κ2) is 7.46. The van der Waals surface area contributed by atoms with Gasteiger partial charge in [-0.3, -0.25) is 9.69 Å². The van der Waals surface area contributed by atoms with Crippen molar-refractivity contribution in [1.29, 1.82) is 0 Å². The average Bonchev–Trinajstić information content (AvgIpc) is 2.48. The van der Waals surface area contributed by atoms with Crippen molar-refractivity contribution < 1.29 is 9.53 Å². The van der Waals surface area contributed by atoms with E-state index in [1.807, 2.05) is 11.0 Å². The van der Waals surface area contributed by atoms with E-state index in [1.165, 1.54) is 11.1 Å². The number of amides is 1. The van der Waals surface area contributed by atoms with Gasteiger partial charge in [0.05, 0.1) is 7.11 Å². The summed E-state index contributed by atoms with van der Waals surface area (Å²) >= 11 is 0. The highest BCUT2D eigenvalue weighted by Crippen LogP contribution is 2.20. The molecule has 0 bridgehead atoms. The zero-order chi connectivity index (χ0) is 15.2. The van der Waals surface area contributed by atoms with Crippen LogP contribution in [0.25, 0.3) is 0 Å². The molecular formula is C17H26N2O2. The lowest BCUT2D eigenvalue weighted by molar-refractivity contribution is -0.133. The Hall–Kier alpha value is -1.55. The van der Waals surface area contributed by atoms with Crippen LogP contribution in [0, 0.1) is 6.92 Å². The SMILES string of the molecule is CCCC(=O)N1CCN(Cc2ccc(OC)c(C)c2)CC1. The van der Waals surface area contributed by atoms with Crippen LogP contribution < -0.4 is 4.74 Å². The van der Waals surface area contributed by atoms with Crippen molar-refractivity contribution in [2.45, 2.75) is 33.2 Å². The highest BCUT2D eigenvalue weighted by Gasteiger charge is 2.20. The number of methoxy groups -OCH3 is 1. The Labute approximate surface area is 127 Å². The van der Waals surface area contributed by atoms with Gasteiger partial charge in [0.25, 0.3) is 0 Å². The minimum atomic E-state index is 0.303. The molecule has 4 heteroatoms. The number of carbonyl (C=O) groups is 1. The molecule has 1 saturated heterocycles. The number of aryl methyl sites for hydroxylation is 1. The van der Waals surface area contributed by atoms with Crippen molar-refractivity contribution >= 4 is 5.91 Å². The summed E-state index contributed by atoms with van der Waals surface area (Å²) in [6.45, 7) is 8.70. The van der Waals surface area contributed by atoms with Crippen LogP contribution in [0.15, 0.2) is 18.2 Å². The Morgan fingerprint density at radius 2 is 1.95 bits per heavy atom. The van der Waals surface area contributed by atoms with E-state index in [4.69, 9.17) is 4.74 Å². The number of ether oxygens (including phenoxy) is 1. The lowest BCUT2D eigenvalue weighted by atomic mass is 10.1. The van der Waals surface area contributed by atoms with Crippen molar-refractivity contribution in [2.24, 2.45) is 0 Å².